The third kappa shape index (κ3) is 4.57. The van der Waals surface area contributed by atoms with Crippen LogP contribution < -0.4 is 10.6 Å². The van der Waals surface area contributed by atoms with Gasteiger partial charge < -0.3 is 15.1 Å². The summed E-state index contributed by atoms with van der Waals surface area (Å²) in [6.45, 7) is 1.77. The highest BCUT2D eigenvalue weighted by Gasteiger charge is 2.28. The third-order valence-electron chi connectivity index (χ3n) is 4.26. The summed E-state index contributed by atoms with van der Waals surface area (Å²) in [6.07, 6.45) is 3.22. The van der Waals surface area contributed by atoms with E-state index in [2.05, 4.69) is 20.8 Å². The first-order valence-electron chi connectivity index (χ1n) is 8.18. The number of aryl methyl sites for hydroxylation is 1. The molecule has 8 heteroatoms. The number of nitrogens with one attached hydrogen (secondary N) is 2. The molecule has 1 aliphatic rings. The molecule has 7 nitrogen and oxygen atoms in total. The topological polar surface area (TPSA) is 97.1 Å². The van der Waals surface area contributed by atoms with Crippen molar-refractivity contribution in [2.45, 2.75) is 44.6 Å². The largest absolute Gasteiger partial charge is 0.425 e. The zero-order chi connectivity index (χ0) is 17.8. The van der Waals surface area contributed by atoms with E-state index in [1.54, 1.807) is 31.2 Å². The van der Waals surface area contributed by atoms with E-state index in [0.717, 1.165) is 25.7 Å². The molecule has 1 aliphatic carbocycles. The van der Waals surface area contributed by atoms with Crippen LogP contribution in [0.2, 0.25) is 5.02 Å². The highest BCUT2D eigenvalue weighted by Crippen LogP contribution is 2.32. The van der Waals surface area contributed by atoms with Crippen molar-refractivity contribution >= 4 is 29.1 Å². The maximum atomic E-state index is 12.0. The van der Waals surface area contributed by atoms with Crippen molar-refractivity contribution in [2.24, 2.45) is 0 Å². The zero-order valence-corrected chi connectivity index (χ0v) is 14.5. The van der Waals surface area contributed by atoms with E-state index in [9.17, 15) is 9.59 Å². The SMILES string of the molecule is Cc1nnc(C2CCC(NC(=O)C(=O)Nc3ccc(Cl)cc3)CC2)o1. The quantitative estimate of drug-likeness (QED) is 0.818. The van der Waals surface area contributed by atoms with Gasteiger partial charge in [-0.2, -0.15) is 0 Å². The molecular formula is C17H19ClN4O3. The molecule has 0 spiro atoms. The van der Waals surface area contributed by atoms with E-state index in [4.69, 9.17) is 16.0 Å². The highest BCUT2D eigenvalue weighted by atomic mass is 35.5. The fourth-order valence-electron chi connectivity index (χ4n) is 2.93. The summed E-state index contributed by atoms with van der Waals surface area (Å²) in [6, 6.07) is 6.56. The van der Waals surface area contributed by atoms with Crippen LogP contribution in [0.4, 0.5) is 5.69 Å². The lowest BCUT2D eigenvalue weighted by atomic mass is 9.86. The number of rotatable bonds is 3. The monoisotopic (exact) mass is 362 g/mol. The maximum Gasteiger partial charge on any atom is 0.313 e. The van der Waals surface area contributed by atoms with Gasteiger partial charge in [0, 0.05) is 29.6 Å². The summed E-state index contributed by atoms with van der Waals surface area (Å²) < 4.78 is 5.47. The lowest BCUT2D eigenvalue weighted by molar-refractivity contribution is -0.136. The molecular weight excluding hydrogens is 344 g/mol. The molecule has 0 bridgehead atoms. The Balaban J connectivity index is 1.47. The molecule has 2 N–H and O–H groups in total. The first-order chi connectivity index (χ1) is 12.0. The number of hydrogen-bond acceptors (Lipinski definition) is 5. The zero-order valence-electron chi connectivity index (χ0n) is 13.8. The predicted octanol–water partition coefficient (Wildman–Crippen LogP) is 2.81. The van der Waals surface area contributed by atoms with Crippen LogP contribution >= 0.6 is 11.6 Å². The molecule has 0 saturated heterocycles. The molecule has 1 saturated carbocycles. The molecule has 1 aromatic carbocycles. The molecule has 3 rings (SSSR count). The van der Waals surface area contributed by atoms with Crippen LogP contribution in [0.5, 0.6) is 0 Å². The smallest absolute Gasteiger partial charge is 0.313 e. The molecule has 25 heavy (non-hydrogen) atoms. The molecule has 0 aliphatic heterocycles. The van der Waals surface area contributed by atoms with Crippen molar-refractivity contribution in [1.82, 2.24) is 15.5 Å². The van der Waals surface area contributed by atoms with E-state index >= 15 is 0 Å². The Bertz CT molecular complexity index is 752. The van der Waals surface area contributed by atoms with Gasteiger partial charge in [-0.25, -0.2) is 0 Å². The van der Waals surface area contributed by atoms with Gasteiger partial charge in [0.05, 0.1) is 0 Å². The second kappa shape index (κ2) is 7.65. The number of anilines is 1. The average molecular weight is 363 g/mol. The molecule has 132 valence electrons. The Morgan fingerprint density at radius 1 is 1.08 bits per heavy atom. The van der Waals surface area contributed by atoms with Crippen molar-refractivity contribution in [3.05, 3.63) is 41.1 Å². The summed E-state index contributed by atoms with van der Waals surface area (Å²) in [5, 5.41) is 13.8. The van der Waals surface area contributed by atoms with Crippen LogP contribution in [0.25, 0.3) is 0 Å². The van der Waals surface area contributed by atoms with Gasteiger partial charge in [0.2, 0.25) is 11.8 Å². The first-order valence-corrected chi connectivity index (χ1v) is 8.56. The average Bonchev–Trinajstić information content (AvgIpc) is 3.04. The van der Waals surface area contributed by atoms with Crippen molar-refractivity contribution in [1.29, 1.82) is 0 Å². The summed E-state index contributed by atoms with van der Waals surface area (Å²) in [5.74, 6) is 0.119. The molecule has 2 aromatic rings. The second-order valence-electron chi connectivity index (χ2n) is 6.14. The van der Waals surface area contributed by atoms with Crippen molar-refractivity contribution in [3.8, 4) is 0 Å². The Hall–Kier alpha value is -2.41. The van der Waals surface area contributed by atoms with Crippen LogP contribution in [-0.4, -0.2) is 28.1 Å². The van der Waals surface area contributed by atoms with Gasteiger partial charge in [0.25, 0.3) is 0 Å². The Morgan fingerprint density at radius 3 is 2.36 bits per heavy atom. The van der Waals surface area contributed by atoms with Crippen LogP contribution in [-0.2, 0) is 9.59 Å². The van der Waals surface area contributed by atoms with Gasteiger partial charge in [-0.1, -0.05) is 11.6 Å². The molecule has 1 heterocycles. The standard InChI is InChI=1S/C17H19ClN4O3/c1-10-21-22-17(25-10)11-2-6-13(7-3-11)19-15(23)16(24)20-14-8-4-12(18)5-9-14/h4-5,8-9,11,13H,2-3,6-7H2,1H3,(H,19,23)(H,20,24). The minimum atomic E-state index is -0.683. The third-order valence-corrected chi connectivity index (χ3v) is 4.51. The molecule has 2 amide bonds. The van der Waals surface area contributed by atoms with Crippen molar-refractivity contribution in [2.75, 3.05) is 5.32 Å². The predicted molar refractivity (Wildman–Crippen MR) is 92.3 cm³/mol. The van der Waals surface area contributed by atoms with Gasteiger partial charge in [0.15, 0.2) is 0 Å². The Morgan fingerprint density at radius 2 is 1.76 bits per heavy atom. The van der Waals surface area contributed by atoms with Crippen LogP contribution in [0, 0.1) is 6.92 Å². The summed E-state index contributed by atoms with van der Waals surface area (Å²) in [4.78, 5) is 24.0. The maximum absolute atomic E-state index is 12.0. The van der Waals surface area contributed by atoms with Gasteiger partial charge in [-0.15, -0.1) is 10.2 Å². The number of halogens is 1. The minimum Gasteiger partial charge on any atom is -0.425 e. The van der Waals surface area contributed by atoms with Gasteiger partial charge in [-0.05, 0) is 49.9 Å². The fourth-order valence-corrected chi connectivity index (χ4v) is 3.06. The molecule has 0 atom stereocenters. The lowest BCUT2D eigenvalue weighted by Gasteiger charge is -2.26. The number of nitrogens with zero attached hydrogens (tertiary/aromatic N) is 2. The summed E-state index contributed by atoms with van der Waals surface area (Å²) in [5.41, 5.74) is 0.528. The van der Waals surface area contributed by atoms with E-state index in [1.807, 2.05) is 0 Å². The normalized spacial score (nSPS) is 20.1. The number of aromatic nitrogens is 2. The number of amides is 2. The van der Waals surface area contributed by atoms with Gasteiger partial charge in [-0.3, -0.25) is 9.59 Å². The van der Waals surface area contributed by atoms with E-state index in [-0.39, 0.29) is 12.0 Å². The van der Waals surface area contributed by atoms with Crippen LogP contribution in [0.3, 0.4) is 0 Å². The van der Waals surface area contributed by atoms with Gasteiger partial charge in [0.1, 0.15) is 0 Å². The molecule has 1 aromatic heterocycles. The number of hydrogen-bond donors (Lipinski definition) is 2. The highest BCUT2D eigenvalue weighted by molar-refractivity contribution is 6.39. The van der Waals surface area contributed by atoms with E-state index < -0.39 is 11.8 Å². The molecule has 0 radical (unpaired) electrons. The molecule has 1 fully saturated rings. The summed E-state index contributed by atoms with van der Waals surface area (Å²) >= 11 is 5.79. The number of carbonyl (C=O) groups is 2. The van der Waals surface area contributed by atoms with E-state index in [1.165, 1.54) is 0 Å². The second-order valence-corrected chi connectivity index (χ2v) is 6.58. The van der Waals surface area contributed by atoms with Gasteiger partial charge >= 0.3 is 11.8 Å². The minimum absolute atomic E-state index is 0.0243. The van der Waals surface area contributed by atoms with Crippen LogP contribution in [0.1, 0.15) is 43.4 Å². The lowest BCUT2D eigenvalue weighted by Crippen LogP contribution is -2.43. The molecule has 0 unspecified atom stereocenters. The first kappa shape index (κ1) is 17.4. The van der Waals surface area contributed by atoms with E-state index in [0.29, 0.717) is 22.5 Å². The van der Waals surface area contributed by atoms with Crippen molar-refractivity contribution in [3.63, 3.8) is 0 Å². The number of carbonyl (C=O) groups excluding carboxylic acids is 2. The Kier molecular flexibility index (Phi) is 5.33. The summed E-state index contributed by atoms with van der Waals surface area (Å²) in [7, 11) is 0. The van der Waals surface area contributed by atoms with Crippen molar-refractivity contribution < 1.29 is 14.0 Å². The Labute approximate surface area is 150 Å². The van der Waals surface area contributed by atoms with Crippen LogP contribution in [0.15, 0.2) is 28.7 Å². The fraction of sp³-hybridized carbons (Fsp3) is 0.412. The number of benzene rings is 1.